The summed E-state index contributed by atoms with van der Waals surface area (Å²) in [4.78, 5) is 30.6. The predicted molar refractivity (Wildman–Crippen MR) is 147 cm³/mol. The molecule has 0 bridgehead atoms. The second-order valence-electron chi connectivity index (χ2n) is 9.57. The van der Waals surface area contributed by atoms with Crippen molar-refractivity contribution in [2.75, 3.05) is 20.3 Å². The minimum Gasteiger partial charge on any atom is -0.497 e. The van der Waals surface area contributed by atoms with Crippen LogP contribution in [0.4, 0.5) is 4.79 Å². The average molecular weight is 543 g/mol. The lowest BCUT2D eigenvalue weighted by molar-refractivity contribution is -0.138. The number of aryl methyl sites for hydroxylation is 1. The monoisotopic (exact) mass is 542 g/mol. The fraction of sp³-hybridized carbons (Fsp3) is 0.258. The van der Waals surface area contributed by atoms with Crippen molar-refractivity contribution in [3.8, 4) is 28.7 Å². The van der Waals surface area contributed by atoms with E-state index in [-0.39, 0.29) is 0 Å². The predicted octanol–water partition coefficient (Wildman–Crippen LogP) is 5.85. The number of carbonyl (C=O) groups is 2. The molecule has 1 fully saturated rings. The number of carboxylic acid groups (broad SMARTS) is 1. The molecule has 9 nitrogen and oxygen atoms in total. The number of carbonyl (C=O) groups excluding carboxylic acids is 1. The minimum atomic E-state index is -1.11. The number of amides is 1. The van der Waals surface area contributed by atoms with Gasteiger partial charge in [0.15, 0.2) is 0 Å². The highest BCUT2D eigenvalue weighted by Gasteiger charge is 2.53. The summed E-state index contributed by atoms with van der Waals surface area (Å²) in [5.74, 6) is 1.82. The quantitative estimate of drug-likeness (QED) is 0.251. The fourth-order valence-corrected chi connectivity index (χ4v) is 4.65. The third-order valence-corrected chi connectivity index (χ3v) is 6.93. The normalized spacial score (nSPS) is 13.3. The number of benzene rings is 3. The topological polar surface area (TPSA) is 111 Å². The van der Waals surface area contributed by atoms with Crippen LogP contribution in [0.25, 0.3) is 11.5 Å². The molecule has 1 aliphatic carbocycles. The largest absolute Gasteiger partial charge is 0.497 e. The van der Waals surface area contributed by atoms with Crippen LogP contribution in [0, 0.1) is 6.92 Å². The van der Waals surface area contributed by atoms with E-state index in [0.717, 1.165) is 22.6 Å². The molecule has 1 aromatic heterocycles. The van der Waals surface area contributed by atoms with Gasteiger partial charge in [0.2, 0.25) is 5.89 Å². The van der Waals surface area contributed by atoms with E-state index in [9.17, 15) is 14.7 Å². The van der Waals surface area contributed by atoms with Crippen LogP contribution >= 0.6 is 0 Å². The zero-order chi connectivity index (χ0) is 28.1. The fourth-order valence-electron chi connectivity index (χ4n) is 4.65. The van der Waals surface area contributed by atoms with Crippen LogP contribution in [-0.4, -0.2) is 47.3 Å². The molecule has 206 valence electrons. The maximum absolute atomic E-state index is 13.1. The van der Waals surface area contributed by atoms with Gasteiger partial charge >= 0.3 is 12.1 Å². The summed E-state index contributed by atoms with van der Waals surface area (Å²) in [5.41, 5.74) is 1.85. The minimum absolute atomic E-state index is 0.305. The summed E-state index contributed by atoms with van der Waals surface area (Å²) in [6, 6.07) is 23.7. The number of nitrogens with zero attached hydrogens (tertiary/aromatic N) is 2. The lowest BCUT2D eigenvalue weighted by Gasteiger charge is -2.30. The van der Waals surface area contributed by atoms with Crippen molar-refractivity contribution in [1.82, 2.24) is 9.88 Å². The first-order valence-corrected chi connectivity index (χ1v) is 13.0. The third-order valence-electron chi connectivity index (χ3n) is 6.93. The number of hydrogen-bond acceptors (Lipinski definition) is 7. The molecular formula is C31H30N2O7. The lowest BCUT2D eigenvalue weighted by Crippen LogP contribution is -2.45. The van der Waals surface area contributed by atoms with Gasteiger partial charge in [0.1, 0.15) is 29.6 Å². The molecule has 0 atom stereocenters. The van der Waals surface area contributed by atoms with E-state index in [0.29, 0.717) is 49.0 Å². The van der Waals surface area contributed by atoms with Crippen molar-refractivity contribution in [3.63, 3.8) is 0 Å². The SMILES string of the molecule is COc1ccc(OC(=O)N(CC(=O)O)C2(c3ccc(OCCc4nc(-c5ccccc5)oc4C)cc3)CC2)cc1. The summed E-state index contributed by atoms with van der Waals surface area (Å²) in [5, 5.41) is 9.53. The molecule has 40 heavy (non-hydrogen) atoms. The Hall–Kier alpha value is -4.79. The van der Waals surface area contributed by atoms with Crippen LogP contribution < -0.4 is 14.2 Å². The van der Waals surface area contributed by atoms with Gasteiger partial charge < -0.3 is 23.7 Å². The summed E-state index contributed by atoms with van der Waals surface area (Å²) < 4.78 is 22.4. The van der Waals surface area contributed by atoms with E-state index in [1.807, 2.05) is 61.5 Å². The molecule has 1 heterocycles. The van der Waals surface area contributed by atoms with Crippen molar-refractivity contribution in [3.05, 3.63) is 95.9 Å². The van der Waals surface area contributed by atoms with Gasteiger partial charge in [-0.15, -0.1) is 0 Å². The molecule has 5 rings (SSSR count). The van der Waals surface area contributed by atoms with Crippen molar-refractivity contribution in [1.29, 1.82) is 0 Å². The van der Waals surface area contributed by atoms with Crippen LogP contribution in [0.3, 0.4) is 0 Å². The number of oxazole rings is 1. The van der Waals surface area contributed by atoms with Crippen molar-refractivity contribution >= 4 is 12.1 Å². The van der Waals surface area contributed by atoms with E-state index in [1.54, 1.807) is 31.4 Å². The number of methoxy groups -OCH3 is 1. The van der Waals surface area contributed by atoms with Gasteiger partial charge in [-0.3, -0.25) is 9.69 Å². The van der Waals surface area contributed by atoms with E-state index >= 15 is 0 Å². The smallest absolute Gasteiger partial charge is 0.416 e. The molecule has 0 aliphatic heterocycles. The maximum atomic E-state index is 13.1. The van der Waals surface area contributed by atoms with E-state index in [4.69, 9.17) is 18.6 Å². The number of aliphatic carboxylic acids is 1. The Morgan fingerprint density at radius 3 is 2.23 bits per heavy atom. The third kappa shape index (κ3) is 5.93. The highest BCUT2D eigenvalue weighted by molar-refractivity contribution is 5.79. The number of rotatable bonds is 11. The van der Waals surface area contributed by atoms with E-state index < -0.39 is 24.1 Å². The van der Waals surface area contributed by atoms with Crippen LogP contribution in [0.15, 0.2) is 83.3 Å². The average Bonchev–Trinajstić information content (AvgIpc) is 3.69. The van der Waals surface area contributed by atoms with Crippen molar-refractivity contribution < 1.29 is 33.3 Å². The van der Waals surface area contributed by atoms with Crippen molar-refractivity contribution in [2.24, 2.45) is 0 Å². The van der Waals surface area contributed by atoms with Gasteiger partial charge in [0, 0.05) is 12.0 Å². The van der Waals surface area contributed by atoms with E-state index in [1.165, 1.54) is 4.90 Å². The Balaban J connectivity index is 1.22. The zero-order valence-corrected chi connectivity index (χ0v) is 22.3. The highest BCUT2D eigenvalue weighted by atomic mass is 16.6. The first-order valence-electron chi connectivity index (χ1n) is 13.0. The van der Waals surface area contributed by atoms with Gasteiger partial charge in [-0.1, -0.05) is 30.3 Å². The number of carboxylic acids is 1. The molecule has 1 aliphatic rings. The van der Waals surface area contributed by atoms with E-state index in [2.05, 4.69) is 4.98 Å². The first-order chi connectivity index (χ1) is 19.4. The Morgan fingerprint density at radius 1 is 0.950 bits per heavy atom. The summed E-state index contributed by atoms with van der Waals surface area (Å²) in [6.45, 7) is 1.82. The number of aromatic nitrogens is 1. The van der Waals surface area contributed by atoms with Crippen LogP contribution in [0.2, 0.25) is 0 Å². The molecule has 1 saturated carbocycles. The van der Waals surface area contributed by atoms with Crippen LogP contribution in [0.5, 0.6) is 17.2 Å². The first kappa shape index (κ1) is 26.8. The Bertz CT molecular complexity index is 1460. The molecule has 0 radical (unpaired) electrons. The maximum Gasteiger partial charge on any atom is 0.416 e. The molecular weight excluding hydrogens is 512 g/mol. The Kier molecular flexibility index (Phi) is 7.72. The standard InChI is InChI=1S/C31H30N2O7/c1-21-27(32-29(39-21)22-6-4-3-5-7-22)16-19-38-25-10-8-23(9-11-25)31(17-18-31)33(20-28(34)35)30(36)40-26-14-12-24(37-2)13-15-26/h3-15H,16-20H2,1-2H3,(H,34,35). The molecule has 3 aromatic carbocycles. The van der Waals surface area contributed by atoms with Crippen LogP contribution in [-0.2, 0) is 16.8 Å². The Morgan fingerprint density at radius 2 is 1.60 bits per heavy atom. The summed E-state index contributed by atoms with van der Waals surface area (Å²) in [6.07, 6.45) is 1.13. The molecule has 9 heteroatoms. The molecule has 0 spiro atoms. The summed E-state index contributed by atoms with van der Waals surface area (Å²) in [7, 11) is 1.54. The number of ether oxygens (including phenoxy) is 3. The molecule has 1 N–H and O–H groups in total. The van der Waals surface area contributed by atoms with Crippen molar-refractivity contribution in [2.45, 2.75) is 31.7 Å². The van der Waals surface area contributed by atoms with Gasteiger partial charge in [-0.25, -0.2) is 9.78 Å². The highest BCUT2D eigenvalue weighted by Crippen LogP contribution is 2.51. The Labute approximate surface area is 231 Å². The van der Waals surface area contributed by atoms with Crippen LogP contribution in [0.1, 0.15) is 29.9 Å². The van der Waals surface area contributed by atoms with Gasteiger partial charge in [0.25, 0.3) is 0 Å². The molecule has 0 saturated heterocycles. The van der Waals surface area contributed by atoms with Gasteiger partial charge in [-0.05, 0) is 73.9 Å². The second-order valence-corrected chi connectivity index (χ2v) is 9.57. The zero-order valence-electron chi connectivity index (χ0n) is 22.3. The second kappa shape index (κ2) is 11.5. The molecule has 0 unspecified atom stereocenters. The molecule has 1 amide bonds. The molecule has 4 aromatic rings. The number of hydrogen-bond donors (Lipinski definition) is 1. The lowest BCUT2D eigenvalue weighted by atomic mass is 10.0. The van der Waals surface area contributed by atoms with Gasteiger partial charge in [0.05, 0.1) is 24.9 Å². The van der Waals surface area contributed by atoms with Gasteiger partial charge in [-0.2, -0.15) is 0 Å². The summed E-state index contributed by atoms with van der Waals surface area (Å²) >= 11 is 0.